The third-order valence-electron chi connectivity index (χ3n) is 7.80. The molecule has 3 aliphatic rings. The predicted octanol–water partition coefficient (Wildman–Crippen LogP) is 5.23. The lowest BCUT2D eigenvalue weighted by atomic mass is 9.57. The Balaban J connectivity index is 1.94. The van der Waals surface area contributed by atoms with E-state index in [1.54, 1.807) is 12.8 Å². The molecule has 3 rings (SSSR count). The number of hydrogen-bond donors (Lipinski definition) is 0. The highest BCUT2D eigenvalue weighted by Crippen LogP contribution is 2.62. The molecule has 0 bridgehead atoms. The maximum absolute atomic E-state index is 2.60. The van der Waals surface area contributed by atoms with Gasteiger partial charge in [0, 0.05) is 0 Å². The van der Waals surface area contributed by atoms with E-state index in [1.807, 2.05) is 0 Å². The molecule has 0 aromatic heterocycles. The van der Waals surface area contributed by atoms with Gasteiger partial charge in [0.1, 0.15) is 0 Å². The van der Waals surface area contributed by atoms with Gasteiger partial charge in [-0.3, -0.25) is 0 Å². The highest BCUT2D eigenvalue weighted by Gasteiger charge is 2.56. The maximum atomic E-state index is 2.60. The normalized spacial score (nSPS) is 60.2. The van der Waals surface area contributed by atoms with Crippen LogP contribution in [0.4, 0.5) is 0 Å². The Morgan fingerprint density at radius 1 is 0.500 bits per heavy atom. The third-order valence-corrected chi connectivity index (χ3v) is 7.80. The molecule has 0 aromatic rings. The molecule has 3 aliphatic carbocycles. The molecular weight excluding hydrogens is 216 g/mol. The van der Waals surface area contributed by atoms with Gasteiger partial charge >= 0.3 is 0 Å². The van der Waals surface area contributed by atoms with Gasteiger partial charge in [0.2, 0.25) is 0 Å². The molecule has 0 heterocycles. The van der Waals surface area contributed by atoms with E-state index in [9.17, 15) is 0 Å². The zero-order valence-electron chi connectivity index (χ0n) is 13.0. The molecule has 9 atom stereocenters. The van der Waals surface area contributed by atoms with E-state index < -0.39 is 0 Å². The fourth-order valence-electron chi connectivity index (χ4n) is 6.47. The zero-order chi connectivity index (χ0) is 13.0. The first-order valence-corrected chi connectivity index (χ1v) is 8.54. The van der Waals surface area contributed by atoms with Gasteiger partial charge in [0.15, 0.2) is 0 Å². The molecule has 0 N–H and O–H groups in total. The van der Waals surface area contributed by atoms with E-state index in [-0.39, 0.29) is 0 Å². The van der Waals surface area contributed by atoms with E-state index in [0.29, 0.717) is 0 Å². The molecule has 0 saturated heterocycles. The van der Waals surface area contributed by atoms with E-state index >= 15 is 0 Å². The third kappa shape index (κ3) is 1.63. The molecule has 104 valence electrons. The van der Waals surface area contributed by atoms with Crippen molar-refractivity contribution in [3.63, 3.8) is 0 Å². The molecular formula is C18H32. The lowest BCUT2D eigenvalue weighted by molar-refractivity contribution is -0.00213. The SMILES string of the molecule is CC1C(C)C(C)C2C3CCCCC3C(C)C2C1C. The van der Waals surface area contributed by atoms with Crippen molar-refractivity contribution in [1.82, 2.24) is 0 Å². The molecule has 0 heteroatoms. The van der Waals surface area contributed by atoms with Crippen LogP contribution in [0.3, 0.4) is 0 Å². The van der Waals surface area contributed by atoms with Crippen molar-refractivity contribution >= 4 is 0 Å². The largest absolute Gasteiger partial charge is 0.0620 e. The summed E-state index contributed by atoms with van der Waals surface area (Å²) in [5.41, 5.74) is 0. The van der Waals surface area contributed by atoms with E-state index in [4.69, 9.17) is 0 Å². The van der Waals surface area contributed by atoms with Gasteiger partial charge in [0.25, 0.3) is 0 Å². The van der Waals surface area contributed by atoms with Crippen molar-refractivity contribution in [2.45, 2.75) is 60.3 Å². The topological polar surface area (TPSA) is 0 Å². The smallest absolute Gasteiger partial charge is 0.0321 e. The van der Waals surface area contributed by atoms with Crippen LogP contribution in [0.5, 0.6) is 0 Å². The van der Waals surface area contributed by atoms with Crippen molar-refractivity contribution < 1.29 is 0 Å². The van der Waals surface area contributed by atoms with Crippen LogP contribution in [0.1, 0.15) is 60.3 Å². The highest BCUT2D eigenvalue weighted by molar-refractivity contribution is 5.04. The minimum atomic E-state index is 0.934. The second-order valence-electron chi connectivity index (χ2n) is 8.06. The van der Waals surface area contributed by atoms with Gasteiger partial charge in [-0.2, -0.15) is 0 Å². The van der Waals surface area contributed by atoms with Crippen molar-refractivity contribution in [2.75, 3.05) is 0 Å². The van der Waals surface area contributed by atoms with Gasteiger partial charge < -0.3 is 0 Å². The minimum absolute atomic E-state index is 0.934. The van der Waals surface area contributed by atoms with Gasteiger partial charge in [-0.05, 0) is 66.1 Å². The standard InChI is InChI=1S/C18H32/c1-10-11(2)13(4)18-16-9-7-6-8-15(16)14(5)17(18)12(10)3/h10-18H,6-9H2,1-5H3. The van der Waals surface area contributed by atoms with Crippen LogP contribution in [0.2, 0.25) is 0 Å². The Morgan fingerprint density at radius 3 is 1.61 bits per heavy atom. The fourth-order valence-corrected chi connectivity index (χ4v) is 6.47. The summed E-state index contributed by atoms with van der Waals surface area (Å²) in [6.45, 7) is 12.8. The van der Waals surface area contributed by atoms with E-state index in [2.05, 4.69) is 34.6 Å². The molecule has 9 unspecified atom stereocenters. The first-order chi connectivity index (χ1) is 8.54. The van der Waals surface area contributed by atoms with Crippen LogP contribution in [-0.4, -0.2) is 0 Å². The molecule has 18 heavy (non-hydrogen) atoms. The van der Waals surface area contributed by atoms with Crippen LogP contribution >= 0.6 is 0 Å². The monoisotopic (exact) mass is 248 g/mol. The molecule has 0 nitrogen and oxygen atoms in total. The molecule has 0 radical (unpaired) electrons. The van der Waals surface area contributed by atoms with Crippen LogP contribution < -0.4 is 0 Å². The maximum Gasteiger partial charge on any atom is -0.0321 e. The van der Waals surface area contributed by atoms with Crippen LogP contribution in [-0.2, 0) is 0 Å². The number of fused-ring (bicyclic) bond motifs is 3. The summed E-state index contributed by atoms with van der Waals surface area (Å²) >= 11 is 0. The molecule has 0 spiro atoms. The lowest BCUT2D eigenvalue weighted by Crippen LogP contribution is -2.43. The second-order valence-corrected chi connectivity index (χ2v) is 8.06. The second kappa shape index (κ2) is 4.53. The Labute approximate surface area is 114 Å². The molecule has 3 saturated carbocycles. The minimum Gasteiger partial charge on any atom is -0.0620 e. The van der Waals surface area contributed by atoms with Crippen LogP contribution in [0, 0.1) is 53.3 Å². The fraction of sp³-hybridized carbons (Fsp3) is 1.00. The van der Waals surface area contributed by atoms with Gasteiger partial charge in [-0.1, -0.05) is 47.5 Å². The Kier molecular flexibility index (Phi) is 3.27. The van der Waals surface area contributed by atoms with Crippen LogP contribution in [0.15, 0.2) is 0 Å². The van der Waals surface area contributed by atoms with Crippen molar-refractivity contribution in [2.24, 2.45) is 53.3 Å². The molecule has 0 aromatic carbocycles. The summed E-state index contributed by atoms with van der Waals surface area (Å²) in [6.07, 6.45) is 6.12. The average molecular weight is 248 g/mol. The summed E-state index contributed by atoms with van der Waals surface area (Å²) < 4.78 is 0. The number of rotatable bonds is 0. The first-order valence-electron chi connectivity index (χ1n) is 8.54. The Hall–Kier alpha value is 0. The highest BCUT2D eigenvalue weighted by atomic mass is 14.6. The van der Waals surface area contributed by atoms with Gasteiger partial charge in [0.05, 0.1) is 0 Å². The van der Waals surface area contributed by atoms with E-state index in [1.165, 1.54) is 12.8 Å². The van der Waals surface area contributed by atoms with Crippen molar-refractivity contribution in [3.8, 4) is 0 Å². The number of hydrogen-bond acceptors (Lipinski definition) is 0. The van der Waals surface area contributed by atoms with Crippen LogP contribution in [0.25, 0.3) is 0 Å². The zero-order valence-corrected chi connectivity index (χ0v) is 13.0. The molecule has 0 aliphatic heterocycles. The average Bonchev–Trinajstić information content (AvgIpc) is 2.68. The molecule has 0 amide bonds. The summed E-state index contributed by atoms with van der Waals surface area (Å²) in [4.78, 5) is 0. The molecule has 3 fully saturated rings. The first kappa shape index (κ1) is 13.0. The summed E-state index contributed by atoms with van der Waals surface area (Å²) in [7, 11) is 0. The predicted molar refractivity (Wildman–Crippen MR) is 78.2 cm³/mol. The van der Waals surface area contributed by atoms with Gasteiger partial charge in [-0.25, -0.2) is 0 Å². The summed E-state index contributed by atoms with van der Waals surface area (Å²) in [5.74, 6) is 9.08. The van der Waals surface area contributed by atoms with Gasteiger partial charge in [-0.15, -0.1) is 0 Å². The quantitative estimate of drug-likeness (QED) is 0.550. The summed E-state index contributed by atoms with van der Waals surface area (Å²) in [6, 6.07) is 0. The van der Waals surface area contributed by atoms with E-state index in [0.717, 1.165) is 53.3 Å². The summed E-state index contributed by atoms with van der Waals surface area (Å²) in [5, 5.41) is 0. The lowest BCUT2D eigenvalue weighted by Gasteiger charge is -2.48. The Morgan fingerprint density at radius 2 is 1.00 bits per heavy atom. The Bertz CT molecular complexity index is 307. The van der Waals surface area contributed by atoms with Crippen molar-refractivity contribution in [3.05, 3.63) is 0 Å². The van der Waals surface area contributed by atoms with Crippen molar-refractivity contribution in [1.29, 1.82) is 0 Å².